The highest BCUT2D eigenvalue weighted by Crippen LogP contribution is 2.54. The topological polar surface area (TPSA) is 448 Å². The van der Waals surface area contributed by atoms with Gasteiger partial charge in [0.05, 0.1) is 147 Å². The first-order chi connectivity index (χ1) is 47.3. The van der Waals surface area contributed by atoms with E-state index in [-0.39, 0.29) is 184 Å². The number of carbonyl (C=O) groups excluding carboxylic acids is 3. The monoisotopic (exact) mass is 1500 g/mol. The van der Waals surface area contributed by atoms with E-state index in [0.29, 0.717) is 58.8 Å². The zero-order valence-corrected chi connectivity index (χ0v) is 59.4. The predicted octanol–water partition coefficient (Wildman–Crippen LogP) is 2.88. The lowest BCUT2D eigenvalue weighted by Crippen LogP contribution is -2.32. The van der Waals surface area contributed by atoms with Crippen molar-refractivity contribution < 1.29 is 136 Å². The second-order valence-electron chi connectivity index (χ2n) is 23.2. The average molecular weight is 1500 g/mol. The lowest BCUT2D eigenvalue weighted by atomic mass is 9.74. The van der Waals surface area contributed by atoms with E-state index in [1.165, 1.54) is 25.3 Å². The fraction of sp³-hybridized carbons (Fsp3) is 0.524. The highest BCUT2D eigenvalue weighted by Gasteiger charge is 2.49. The van der Waals surface area contributed by atoms with Gasteiger partial charge in [0, 0.05) is 85.9 Å². The van der Waals surface area contributed by atoms with Crippen LogP contribution in [0, 0.1) is 0 Å². The molecule has 1 saturated heterocycles. The van der Waals surface area contributed by atoms with Crippen LogP contribution in [-0.2, 0) is 128 Å². The van der Waals surface area contributed by atoms with E-state index < -0.39 is 105 Å². The summed E-state index contributed by atoms with van der Waals surface area (Å²) in [6, 6.07) is 8.60. The Balaban J connectivity index is 1.15. The molecule has 0 aromatic heterocycles. The summed E-state index contributed by atoms with van der Waals surface area (Å²) in [4.78, 5) is 37.8. The lowest BCUT2D eigenvalue weighted by Gasteiger charge is -2.31. The molecule has 37 heteroatoms. The van der Waals surface area contributed by atoms with Crippen LogP contribution in [0.1, 0.15) is 63.5 Å². The number of hydrogen-bond donors (Lipinski definition) is 0. The highest BCUT2D eigenvalue weighted by atomic mass is 32.2. The van der Waals surface area contributed by atoms with Crippen LogP contribution in [0.25, 0.3) is 21.5 Å². The van der Waals surface area contributed by atoms with Gasteiger partial charge in [-0.15, -0.1) is 5.06 Å². The molecular formula is C63H79N3O29S5-4. The number of rotatable bonds is 45. The van der Waals surface area contributed by atoms with E-state index in [0.717, 1.165) is 12.1 Å². The van der Waals surface area contributed by atoms with Crippen molar-refractivity contribution in [3.05, 3.63) is 95.7 Å². The van der Waals surface area contributed by atoms with Gasteiger partial charge < -0.3 is 79.9 Å². The van der Waals surface area contributed by atoms with E-state index in [4.69, 9.17) is 52.2 Å². The molecule has 0 aliphatic carbocycles. The summed E-state index contributed by atoms with van der Waals surface area (Å²) in [5.74, 6) is -2.80. The maximum atomic E-state index is 12.9. The van der Waals surface area contributed by atoms with Gasteiger partial charge in [0.25, 0.3) is 11.8 Å². The van der Waals surface area contributed by atoms with E-state index >= 15 is 0 Å². The summed E-state index contributed by atoms with van der Waals surface area (Å²) in [6.07, 6.45) is 7.60. The molecule has 554 valence electrons. The molecule has 0 radical (unpaired) electrons. The molecule has 3 heterocycles. The number of benzene rings is 4. The van der Waals surface area contributed by atoms with Gasteiger partial charge in [0.1, 0.15) is 47.1 Å². The fourth-order valence-corrected chi connectivity index (χ4v) is 15.0. The first kappa shape index (κ1) is 81.2. The van der Waals surface area contributed by atoms with Crippen LogP contribution in [-0.4, -0.2) is 250 Å². The molecule has 0 saturated carbocycles. The number of amides is 2. The van der Waals surface area contributed by atoms with Crippen LogP contribution in [0.15, 0.2) is 104 Å². The molecule has 3 aliphatic rings. The van der Waals surface area contributed by atoms with Gasteiger partial charge in [-0.05, 0) is 97.3 Å². The highest BCUT2D eigenvalue weighted by molar-refractivity contribution is 7.87. The van der Waals surface area contributed by atoms with E-state index in [1.807, 2.05) is 4.90 Å². The lowest BCUT2D eigenvalue weighted by molar-refractivity contribution is -0.441. The first-order valence-electron chi connectivity index (χ1n) is 31.4. The molecule has 0 bridgehead atoms. The van der Waals surface area contributed by atoms with Crippen LogP contribution < -0.4 is 4.90 Å². The van der Waals surface area contributed by atoms with Gasteiger partial charge >= 0.3 is 5.97 Å². The maximum absolute atomic E-state index is 12.9. The maximum Gasteiger partial charge on any atom is 0.335 e. The summed E-state index contributed by atoms with van der Waals surface area (Å²) < 4.78 is 247. The number of anilines is 1. The molecule has 4 aromatic rings. The number of methoxy groups -OCH3 is 2. The van der Waals surface area contributed by atoms with Gasteiger partial charge in [0.15, 0.2) is 12.3 Å². The molecule has 2 amide bonds. The third kappa shape index (κ3) is 21.7. The zero-order valence-electron chi connectivity index (χ0n) is 55.3. The Hall–Kier alpha value is -6.15. The first-order valence-corrected chi connectivity index (χ1v) is 38.6. The van der Waals surface area contributed by atoms with Crippen LogP contribution >= 0.6 is 0 Å². The quantitative estimate of drug-likeness (QED) is 0.0202. The van der Waals surface area contributed by atoms with Gasteiger partial charge in [-0.1, -0.05) is 24.3 Å². The summed E-state index contributed by atoms with van der Waals surface area (Å²) in [6.45, 7) is 6.52. The third-order valence-corrected chi connectivity index (χ3v) is 20.6. The van der Waals surface area contributed by atoms with Crippen molar-refractivity contribution in [3.63, 3.8) is 0 Å². The van der Waals surface area contributed by atoms with Crippen LogP contribution in [0.3, 0.4) is 0 Å². The molecule has 100 heavy (non-hydrogen) atoms. The summed E-state index contributed by atoms with van der Waals surface area (Å²) in [7, 11) is -23.5. The molecule has 4 aromatic carbocycles. The summed E-state index contributed by atoms with van der Waals surface area (Å²) in [5.41, 5.74) is -0.582. The number of allylic oxidation sites excluding steroid dienone is 6. The molecule has 0 spiro atoms. The molecule has 2 atom stereocenters. The fourth-order valence-electron chi connectivity index (χ4n) is 11.9. The van der Waals surface area contributed by atoms with Gasteiger partial charge in [0.2, 0.25) is 5.69 Å². The Kier molecular flexibility index (Phi) is 29.5. The van der Waals surface area contributed by atoms with Crippen molar-refractivity contribution in [2.24, 2.45) is 0 Å². The molecule has 7 rings (SSSR count). The van der Waals surface area contributed by atoms with Crippen molar-refractivity contribution >= 4 is 107 Å². The Morgan fingerprint density at radius 1 is 0.520 bits per heavy atom. The Morgan fingerprint density at radius 2 is 0.990 bits per heavy atom. The number of nitrogens with zero attached hydrogens (tertiary/aromatic N) is 3. The smallest absolute Gasteiger partial charge is 0.335 e. The summed E-state index contributed by atoms with van der Waals surface area (Å²) >= 11 is 0. The number of ether oxygens (including phenoxy) is 10. The van der Waals surface area contributed by atoms with Crippen LogP contribution in [0.5, 0.6) is 0 Å². The van der Waals surface area contributed by atoms with E-state index in [1.54, 1.807) is 62.0 Å². The Bertz CT molecular complexity index is 4300. The number of hydrogen-bond acceptors (Lipinski definition) is 30. The zero-order chi connectivity index (χ0) is 73.1. The molecule has 2 unspecified atom stereocenters. The van der Waals surface area contributed by atoms with Crippen LogP contribution in [0.2, 0.25) is 0 Å². The van der Waals surface area contributed by atoms with Crippen molar-refractivity contribution in [2.75, 3.05) is 157 Å². The van der Waals surface area contributed by atoms with E-state index in [2.05, 4.69) is 0 Å². The van der Waals surface area contributed by atoms with Gasteiger partial charge in [-0.25, -0.2) is 46.9 Å². The molecule has 3 aliphatic heterocycles. The second-order valence-corrected chi connectivity index (χ2v) is 30.2. The molecular weight excluding hydrogens is 1420 g/mol. The number of hydroxylamine groups is 2. The predicted molar refractivity (Wildman–Crippen MR) is 348 cm³/mol. The average Bonchev–Trinajstić information content (AvgIpc) is 1.53. The normalized spacial score (nSPS) is 18.2. The Morgan fingerprint density at radius 3 is 1.48 bits per heavy atom. The number of fused-ring (bicyclic) bond motifs is 6. The molecule has 32 nitrogen and oxygen atoms in total. The second kappa shape index (κ2) is 36.3. The van der Waals surface area contributed by atoms with Gasteiger partial charge in [-0.2, -0.15) is 4.58 Å². The van der Waals surface area contributed by atoms with Crippen LogP contribution in [0.4, 0.5) is 11.4 Å². The van der Waals surface area contributed by atoms with Crippen molar-refractivity contribution in [1.82, 2.24) is 5.06 Å². The minimum absolute atomic E-state index is 0.000237. The molecule has 1 fully saturated rings. The Labute approximate surface area is 580 Å². The minimum Gasteiger partial charge on any atom is -0.748 e. The number of imide groups is 1. The van der Waals surface area contributed by atoms with Crippen molar-refractivity contribution in [3.8, 4) is 0 Å². The standard InChI is InChI=1S/C63H83N3O29S5/c1-62(18-8-40-96(70,71)72)55(64(20-24-85-3)51-13-11-47-49(60(51)62)41-45(97(73,74)75)43-53(47)99(79,80)81)9-6-5-7-10-56-63(2,19-23-88-29-32-92-35-34-90-27-26-86-4)61-50-42-46(98(76,77)78)44-54(100(82,83)84)48(50)12-14-52(61)65(56)21-25-89-30-33-93-37-39-94-38-36-91-31-28-87-22-17-59(69)95-66-57(67)15-16-58(66)68/h5-7,9-14,41-44H,8,15-40H2,1-4H3,(H4-,70,71,72,73,74,75,76,77,78,79,80,81,82,83,84)/p-4. The minimum atomic E-state index is -5.44. The molecule has 0 N–H and O–H groups in total. The van der Waals surface area contributed by atoms with Crippen molar-refractivity contribution in [1.29, 1.82) is 0 Å². The number of carbonyl (C=O) groups is 3. The summed E-state index contributed by atoms with van der Waals surface area (Å²) in [5, 5.41) is -0.128. The largest absolute Gasteiger partial charge is 0.748 e. The van der Waals surface area contributed by atoms with Crippen molar-refractivity contribution in [2.45, 2.75) is 82.8 Å². The third-order valence-electron chi connectivity index (χ3n) is 16.5. The van der Waals surface area contributed by atoms with Gasteiger partial charge in [-0.3, -0.25) is 9.59 Å². The van der Waals surface area contributed by atoms with E-state index in [9.17, 15) is 79.2 Å². The SMILES string of the molecule is COCCOCCOCCOCCC1(C)\C(=C/C=C/C=C/C2=[N+](CCOC)c3ccc4c(S(=O)(=O)[O-])cc(S(=O)(=O)[O-])cc4c3C2(C)CCCS(=O)(=O)[O-])N(CCOCCOCCOCCOCCOCCC(=O)ON2C(=O)CCC2=O)c2ccc3c(S(=O)(=O)[O-])cc(S(=O)(=O)[O-])cc3c21.